The van der Waals surface area contributed by atoms with Gasteiger partial charge in [0.05, 0.1) is 11.9 Å². The van der Waals surface area contributed by atoms with Crippen molar-refractivity contribution in [2.45, 2.75) is 19.8 Å². The van der Waals surface area contributed by atoms with Crippen LogP contribution in [0.15, 0.2) is 29.2 Å². The number of aromatic nitrogens is 2. The van der Waals surface area contributed by atoms with Crippen molar-refractivity contribution in [3.05, 3.63) is 34.8 Å². The van der Waals surface area contributed by atoms with Gasteiger partial charge in [0.25, 0.3) is 5.56 Å². The fourth-order valence-corrected chi connectivity index (χ4v) is 2.42. The molecule has 0 aliphatic carbocycles. The van der Waals surface area contributed by atoms with Crippen LogP contribution in [0.3, 0.4) is 0 Å². The zero-order valence-corrected chi connectivity index (χ0v) is 12.6. The molecule has 1 aliphatic rings. The summed E-state index contributed by atoms with van der Waals surface area (Å²) in [6.45, 7) is 4.33. The molecular formula is C15H22N4O2. The second-order valence-electron chi connectivity index (χ2n) is 5.35. The summed E-state index contributed by atoms with van der Waals surface area (Å²) >= 11 is 0. The average molecular weight is 290 g/mol. The number of allylic oxidation sites excluding steroid dienone is 1. The van der Waals surface area contributed by atoms with Crippen molar-refractivity contribution in [1.82, 2.24) is 15.1 Å². The molecule has 1 fully saturated rings. The van der Waals surface area contributed by atoms with Gasteiger partial charge in [-0.3, -0.25) is 9.59 Å². The standard InChI is InChI=1S/C15H22N4O2/c1-3-4-5-14(20)16-9-12-6-7-19(11-12)13-8-15(21)18(2)17-10-13/h3-4,8,10,12H,5-7,9,11H2,1-2H3,(H,16,20)/b4-3+/t12-/m1/s1. The number of carbonyl (C=O) groups is 1. The van der Waals surface area contributed by atoms with Gasteiger partial charge in [-0.25, -0.2) is 4.68 Å². The lowest BCUT2D eigenvalue weighted by Crippen LogP contribution is -2.31. The lowest BCUT2D eigenvalue weighted by atomic mass is 10.1. The van der Waals surface area contributed by atoms with Crippen LogP contribution in [0.5, 0.6) is 0 Å². The van der Waals surface area contributed by atoms with Crippen LogP contribution in [0.2, 0.25) is 0 Å². The minimum atomic E-state index is -0.101. The molecule has 1 aromatic heterocycles. The average Bonchev–Trinajstić information content (AvgIpc) is 2.94. The van der Waals surface area contributed by atoms with E-state index in [1.54, 1.807) is 19.3 Å². The Morgan fingerprint density at radius 1 is 1.57 bits per heavy atom. The number of nitrogens with one attached hydrogen (secondary N) is 1. The Bertz CT molecular complexity index is 579. The van der Waals surface area contributed by atoms with Gasteiger partial charge >= 0.3 is 0 Å². The summed E-state index contributed by atoms with van der Waals surface area (Å²) in [6, 6.07) is 1.61. The first-order chi connectivity index (χ1) is 10.1. The molecule has 1 N–H and O–H groups in total. The van der Waals surface area contributed by atoms with Crippen molar-refractivity contribution >= 4 is 11.6 Å². The second-order valence-corrected chi connectivity index (χ2v) is 5.35. The molecule has 1 saturated heterocycles. The van der Waals surface area contributed by atoms with Gasteiger partial charge in [0.15, 0.2) is 0 Å². The van der Waals surface area contributed by atoms with Crippen LogP contribution in [-0.4, -0.2) is 35.3 Å². The zero-order chi connectivity index (χ0) is 15.2. The summed E-state index contributed by atoms with van der Waals surface area (Å²) in [4.78, 5) is 25.3. The van der Waals surface area contributed by atoms with Gasteiger partial charge in [-0.1, -0.05) is 12.2 Å². The predicted molar refractivity (Wildman–Crippen MR) is 82.2 cm³/mol. The molecule has 2 heterocycles. The molecule has 114 valence electrons. The number of hydrogen-bond donors (Lipinski definition) is 1. The molecule has 0 radical (unpaired) electrons. The molecule has 6 heteroatoms. The molecule has 2 rings (SSSR count). The topological polar surface area (TPSA) is 67.2 Å². The van der Waals surface area contributed by atoms with Crippen molar-refractivity contribution < 1.29 is 4.79 Å². The minimum Gasteiger partial charge on any atom is -0.370 e. The molecule has 1 atom stereocenters. The Morgan fingerprint density at radius 3 is 3.10 bits per heavy atom. The Kier molecular flexibility index (Phi) is 5.14. The maximum absolute atomic E-state index is 11.6. The van der Waals surface area contributed by atoms with E-state index in [2.05, 4.69) is 15.3 Å². The third kappa shape index (κ3) is 4.18. The maximum atomic E-state index is 11.6. The van der Waals surface area contributed by atoms with Crippen molar-refractivity contribution in [3.63, 3.8) is 0 Å². The second kappa shape index (κ2) is 7.06. The fourth-order valence-electron chi connectivity index (χ4n) is 2.42. The van der Waals surface area contributed by atoms with Gasteiger partial charge in [-0.2, -0.15) is 5.10 Å². The van der Waals surface area contributed by atoms with Gasteiger partial charge in [-0.15, -0.1) is 0 Å². The summed E-state index contributed by atoms with van der Waals surface area (Å²) in [6.07, 6.45) is 6.89. The third-order valence-electron chi connectivity index (χ3n) is 3.73. The minimum absolute atomic E-state index is 0.0572. The number of amides is 1. The molecule has 0 spiro atoms. The molecule has 1 aliphatic heterocycles. The first-order valence-electron chi connectivity index (χ1n) is 7.26. The quantitative estimate of drug-likeness (QED) is 0.810. The van der Waals surface area contributed by atoms with E-state index in [-0.39, 0.29) is 11.5 Å². The van der Waals surface area contributed by atoms with E-state index in [0.717, 1.165) is 25.2 Å². The van der Waals surface area contributed by atoms with Crippen molar-refractivity contribution in [1.29, 1.82) is 0 Å². The van der Waals surface area contributed by atoms with E-state index >= 15 is 0 Å². The van der Waals surface area contributed by atoms with Crippen LogP contribution in [0, 0.1) is 5.92 Å². The number of nitrogens with zero attached hydrogens (tertiary/aromatic N) is 3. The van der Waals surface area contributed by atoms with Gasteiger partial charge in [0.2, 0.25) is 5.91 Å². The summed E-state index contributed by atoms with van der Waals surface area (Å²) in [5.74, 6) is 0.477. The molecule has 0 aromatic carbocycles. The Morgan fingerprint density at radius 2 is 2.38 bits per heavy atom. The first kappa shape index (κ1) is 15.3. The smallest absolute Gasteiger partial charge is 0.268 e. The molecule has 0 bridgehead atoms. The van der Waals surface area contributed by atoms with Gasteiger partial charge in [0, 0.05) is 39.2 Å². The van der Waals surface area contributed by atoms with Gasteiger partial charge < -0.3 is 10.2 Å². The normalized spacial score (nSPS) is 18.4. The molecule has 0 saturated carbocycles. The van der Waals surface area contributed by atoms with E-state index in [9.17, 15) is 9.59 Å². The Labute approximate surface area is 124 Å². The number of anilines is 1. The number of hydrogen-bond acceptors (Lipinski definition) is 4. The molecule has 1 aromatic rings. The first-order valence-corrected chi connectivity index (χ1v) is 7.26. The number of carbonyl (C=O) groups excluding carboxylic acids is 1. The van der Waals surface area contributed by atoms with Crippen molar-refractivity contribution in [2.75, 3.05) is 24.5 Å². The highest BCUT2D eigenvalue weighted by atomic mass is 16.1. The lowest BCUT2D eigenvalue weighted by molar-refractivity contribution is -0.120. The molecule has 21 heavy (non-hydrogen) atoms. The largest absolute Gasteiger partial charge is 0.370 e. The summed E-state index contributed by atoms with van der Waals surface area (Å²) in [7, 11) is 1.64. The summed E-state index contributed by atoms with van der Waals surface area (Å²) < 4.78 is 1.32. The monoisotopic (exact) mass is 290 g/mol. The van der Waals surface area contributed by atoms with Crippen LogP contribution in [0.25, 0.3) is 0 Å². The van der Waals surface area contributed by atoms with E-state index in [1.807, 2.05) is 19.1 Å². The molecule has 6 nitrogen and oxygen atoms in total. The van der Waals surface area contributed by atoms with E-state index in [1.165, 1.54) is 4.68 Å². The van der Waals surface area contributed by atoms with E-state index < -0.39 is 0 Å². The van der Waals surface area contributed by atoms with E-state index in [4.69, 9.17) is 0 Å². The highest BCUT2D eigenvalue weighted by molar-refractivity contribution is 5.77. The Hall–Kier alpha value is -2.11. The lowest BCUT2D eigenvalue weighted by Gasteiger charge is -2.18. The zero-order valence-electron chi connectivity index (χ0n) is 12.6. The van der Waals surface area contributed by atoms with Crippen LogP contribution in [0.1, 0.15) is 19.8 Å². The molecule has 0 unspecified atom stereocenters. The van der Waals surface area contributed by atoms with Crippen molar-refractivity contribution in [2.24, 2.45) is 13.0 Å². The highest BCUT2D eigenvalue weighted by Crippen LogP contribution is 2.21. The van der Waals surface area contributed by atoms with Crippen LogP contribution < -0.4 is 15.8 Å². The number of rotatable bonds is 5. The van der Waals surface area contributed by atoms with Crippen molar-refractivity contribution in [3.8, 4) is 0 Å². The summed E-state index contributed by atoms with van der Waals surface area (Å²) in [5, 5.41) is 6.99. The predicted octanol–water partition coefficient (Wildman–Crippen LogP) is 0.689. The van der Waals surface area contributed by atoms with Crippen LogP contribution in [-0.2, 0) is 11.8 Å². The SMILES string of the molecule is C/C=C/CC(=O)NC[C@H]1CCN(c2cnn(C)c(=O)c2)C1. The van der Waals surface area contributed by atoms with Gasteiger partial charge in [0.1, 0.15) is 0 Å². The molecule has 1 amide bonds. The molecular weight excluding hydrogens is 268 g/mol. The van der Waals surface area contributed by atoms with Crippen LogP contribution in [0.4, 0.5) is 5.69 Å². The number of aryl methyl sites for hydroxylation is 1. The highest BCUT2D eigenvalue weighted by Gasteiger charge is 2.23. The summed E-state index contributed by atoms with van der Waals surface area (Å²) in [5.41, 5.74) is 0.761. The fraction of sp³-hybridized carbons (Fsp3) is 0.533. The van der Waals surface area contributed by atoms with Gasteiger partial charge in [-0.05, 0) is 19.3 Å². The maximum Gasteiger partial charge on any atom is 0.268 e. The third-order valence-corrected chi connectivity index (χ3v) is 3.73. The Balaban J connectivity index is 1.84. The van der Waals surface area contributed by atoms with E-state index in [0.29, 0.717) is 18.9 Å². The van der Waals surface area contributed by atoms with Crippen LogP contribution >= 0.6 is 0 Å².